The van der Waals surface area contributed by atoms with E-state index in [1.54, 1.807) is 6.92 Å². The topological polar surface area (TPSA) is 35.6 Å². The molecule has 0 spiro atoms. The molecule has 4 heteroatoms. The van der Waals surface area contributed by atoms with E-state index in [1.807, 2.05) is 4.90 Å². The summed E-state index contributed by atoms with van der Waals surface area (Å²) < 4.78 is 0. The third-order valence-electron chi connectivity index (χ3n) is 5.02. The van der Waals surface area contributed by atoms with Gasteiger partial charge in [0.1, 0.15) is 0 Å². The van der Waals surface area contributed by atoms with Crippen LogP contribution in [-0.4, -0.2) is 54.0 Å². The summed E-state index contributed by atoms with van der Waals surface area (Å²) in [6.07, 6.45) is 4.75. The number of amides is 1. The zero-order valence-corrected chi connectivity index (χ0v) is 13.5. The lowest BCUT2D eigenvalue weighted by Gasteiger charge is -2.42. The fourth-order valence-electron chi connectivity index (χ4n) is 3.77. The molecule has 0 saturated carbocycles. The normalized spacial score (nSPS) is 24.2. The Hall–Kier alpha value is -1.55. The van der Waals surface area contributed by atoms with E-state index < -0.39 is 0 Å². The molecular weight excluding hydrogens is 274 g/mol. The Morgan fingerprint density at radius 2 is 1.82 bits per heavy atom. The molecule has 2 fully saturated rings. The fraction of sp³-hybridized carbons (Fsp3) is 0.611. The number of piperidine rings is 2. The van der Waals surface area contributed by atoms with Gasteiger partial charge in [-0.3, -0.25) is 9.69 Å². The Morgan fingerprint density at radius 3 is 2.50 bits per heavy atom. The Balaban J connectivity index is 1.52. The van der Waals surface area contributed by atoms with E-state index >= 15 is 0 Å². The largest absolute Gasteiger partial charge is 0.381 e. The van der Waals surface area contributed by atoms with Crippen LogP contribution in [0, 0.1) is 0 Å². The van der Waals surface area contributed by atoms with Crippen LogP contribution in [0.25, 0.3) is 0 Å². The Labute approximate surface area is 133 Å². The van der Waals surface area contributed by atoms with Gasteiger partial charge in [0.25, 0.3) is 0 Å². The number of anilines is 1. The van der Waals surface area contributed by atoms with Crippen LogP contribution < -0.4 is 5.32 Å². The molecule has 0 radical (unpaired) electrons. The molecule has 2 aliphatic heterocycles. The lowest BCUT2D eigenvalue weighted by atomic mass is 9.97. The first-order chi connectivity index (χ1) is 10.7. The minimum absolute atomic E-state index is 0.223. The Bertz CT molecular complexity index is 482. The van der Waals surface area contributed by atoms with Crippen LogP contribution in [0.3, 0.4) is 0 Å². The van der Waals surface area contributed by atoms with Crippen molar-refractivity contribution >= 4 is 11.6 Å². The summed E-state index contributed by atoms with van der Waals surface area (Å²) in [7, 11) is 0. The number of benzene rings is 1. The highest BCUT2D eigenvalue weighted by Gasteiger charge is 2.29. The highest BCUT2D eigenvalue weighted by Crippen LogP contribution is 2.23. The SMILES string of the molecule is CC(=O)N1CCC(N2CCC[C@@H](Nc3ccccc3)C2)CC1. The summed E-state index contributed by atoms with van der Waals surface area (Å²) in [6.45, 7) is 5.86. The molecule has 0 unspecified atom stereocenters. The third-order valence-corrected chi connectivity index (χ3v) is 5.02. The smallest absolute Gasteiger partial charge is 0.219 e. The van der Waals surface area contributed by atoms with Crippen molar-refractivity contribution < 1.29 is 4.79 Å². The third kappa shape index (κ3) is 3.80. The average Bonchev–Trinajstić information content (AvgIpc) is 2.56. The van der Waals surface area contributed by atoms with Gasteiger partial charge in [0.2, 0.25) is 5.91 Å². The second-order valence-electron chi connectivity index (χ2n) is 6.58. The summed E-state index contributed by atoms with van der Waals surface area (Å²) in [5.41, 5.74) is 1.22. The summed E-state index contributed by atoms with van der Waals surface area (Å²) in [4.78, 5) is 16.1. The van der Waals surface area contributed by atoms with Crippen LogP contribution in [0.1, 0.15) is 32.6 Å². The summed E-state index contributed by atoms with van der Waals surface area (Å²) in [5.74, 6) is 0.223. The van der Waals surface area contributed by atoms with Crippen molar-refractivity contribution in [3.8, 4) is 0 Å². The first-order valence-corrected chi connectivity index (χ1v) is 8.53. The minimum atomic E-state index is 0.223. The second kappa shape index (κ2) is 7.14. The van der Waals surface area contributed by atoms with Gasteiger partial charge < -0.3 is 10.2 Å². The number of hydrogen-bond donors (Lipinski definition) is 1. The molecule has 1 amide bonds. The van der Waals surface area contributed by atoms with Crippen molar-refractivity contribution in [1.82, 2.24) is 9.80 Å². The molecule has 1 aromatic carbocycles. The predicted octanol–water partition coefficient (Wildman–Crippen LogP) is 2.57. The molecule has 3 rings (SSSR count). The summed E-state index contributed by atoms with van der Waals surface area (Å²) in [5, 5.41) is 3.67. The van der Waals surface area contributed by atoms with Crippen molar-refractivity contribution in [2.45, 2.75) is 44.7 Å². The molecule has 2 heterocycles. The standard InChI is InChI=1S/C18H27N3O/c1-15(22)20-12-9-18(10-13-20)21-11-5-8-17(14-21)19-16-6-3-2-4-7-16/h2-4,6-7,17-19H,5,8-14H2,1H3/t17-/m1/s1. The van der Waals surface area contributed by atoms with E-state index in [-0.39, 0.29) is 5.91 Å². The van der Waals surface area contributed by atoms with Gasteiger partial charge in [0.05, 0.1) is 0 Å². The maximum atomic E-state index is 11.4. The number of rotatable bonds is 3. The van der Waals surface area contributed by atoms with E-state index in [0.29, 0.717) is 12.1 Å². The van der Waals surface area contributed by atoms with Crippen molar-refractivity contribution in [3.05, 3.63) is 30.3 Å². The number of para-hydroxylation sites is 1. The maximum Gasteiger partial charge on any atom is 0.219 e. The number of carbonyl (C=O) groups is 1. The van der Waals surface area contributed by atoms with Crippen molar-refractivity contribution in [1.29, 1.82) is 0 Å². The molecule has 0 aliphatic carbocycles. The molecule has 1 N–H and O–H groups in total. The van der Waals surface area contributed by atoms with Gasteiger partial charge in [-0.05, 0) is 44.4 Å². The fourth-order valence-corrected chi connectivity index (χ4v) is 3.77. The van der Waals surface area contributed by atoms with Crippen molar-refractivity contribution in [2.24, 2.45) is 0 Å². The molecule has 2 saturated heterocycles. The lowest BCUT2D eigenvalue weighted by molar-refractivity contribution is -0.130. The monoisotopic (exact) mass is 301 g/mol. The Kier molecular flexibility index (Phi) is 4.98. The van der Waals surface area contributed by atoms with Crippen LogP contribution in [0.5, 0.6) is 0 Å². The van der Waals surface area contributed by atoms with Gasteiger partial charge in [-0.25, -0.2) is 0 Å². The van der Waals surface area contributed by atoms with Crippen LogP contribution in [-0.2, 0) is 4.79 Å². The average molecular weight is 301 g/mol. The quantitative estimate of drug-likeness (QED) is 0.932. The van der Waals surface area contributed by atoms with E-state index in [9.17, 15) is 4.79 Å². The van der Waals surface area contributed by atoms with Crippen LogP contribution in [0.2, 0.25) is 0 Å². The second-order valence-corrected chi connectivity index (χ2v) is 6.58. The molecule has 0 aromatic heterocycles. The number of nitrogens with one attached hydrogen (secondary N) is 1. The molecule has 2 aliphatic rings. The van der Waals surface area contributed by atoms with Gasteiger partial charge >= 0.3 is 0 Å². The highest BCUT2D eigenvalue weighted by atomic mass is 16.2. The van der Waals surface area contributed by atoms with Gasteiger partial charge in [-0.1, -0.05) is 18.2 Å². The van der Waals surface area contributed by atoms with Crippen LogP contribution in [0.15, 0.2) is 30.3 Å². The van der Waals surface area contributed by atoms with E-state index in [1.165, 1.54) is 25.1 Å². The first-order valence-electron chi connectivity index (χ1n) is 8.53. The van der Waals surface area contributed by atoms with E-state index in [4.69, 9.17) is 0 Å². The molecular formula is C18H27N3O. The van der Waals surface area contributed by atoms with Gasteiger partial charge in [0, 0.05) is 44.3 Å². The van der Waals surface area contributed by atoms with Gasteiger partial charge in [-0.15, -0.1) is 0 Å². The van der Waals surface area contributed by atoms with Crippen molar-refractivity contribution in [3.63, 3.8) is 0 Å². The van der Waals surface area contributed by atoms with Crippen LogP contribution in [0.4, 0.5) is 5.69 Å². The minimum Gasteiger partial charge on any atom is -0.381 e. The van der Waals surface area contributed by atoms with Crippen LogP contribution >= 0.6 is 0 Å². The number of nitrogens with zero attached hydrogens (tertiary/aromatic N) is 2. The number of carbonyl (C=O) groups excluding carboxylic acids is 1. The first kappa shape index (κ1) is 15.3. The highest BCUT2D eigenvalue weighted by molar-refractivity contribution is 5.73. The molecule has 120 valence electrons. The predicted molar refractivity (Wildman–Crippen MR) is 89.9 cm³/mol. The zero-order chi connectivity index (χ0) is 15.4. The summed E-state index contributed by atoms with van der Waals surface area (Å²) >= 11 is 0. The van der Waals surface area contributed by atoms with Gasteiger partial charge in [-0.2, -0.15) is 0 Å². The summed E-state index contributed by atoms with van der Waals surface area (Å²) in [6, 6.07) is 11.7. The van der Waals surface area contributed by atoms with Gasteiger partial charge in [0.15, 0.2) is 0 Å². The molecule has 1 aromatic rings. The number of likely N-dealkylation sites (tertiary alicyclic amines) is 2. The molecule has 4 nitrogen and oxygen atoms in total. The van der Waals surface area contributed by atoms with Crippen molar-refractivity contribution in [2.75, 3.05) is 31.5 Å². The maximum absolute atomic E-state index is 11.4. The van der Waals surface area contributed by atoms with E-state index in [0.717, 1.165) is 32.5 Å². The molecule has 0 bridgehead atoms. The molecule has 22 heavy (non-hydrogen) atoms. The zero-order valence-electron chi connectivity index (χ0n) is 13.5. The lowest BCUT2D eigenvalue weighted by Crippen LogP contribution is -2.51. The Morgan fingerprint density at radius 1 is 1.09 bits per heavy atom. The molecule has 1 atom stereocenters. The number of hydrogen-bond acceptors (Lipinski definition) is 3. The van der Waals surface area contributed by atoms with E-state index in [2.05, 4.69) is 40.5 Å².